The van der Waals surface area contributed by atoms with Crippen LogP contribution in [0.5, 0.6) is 5.75 Å². The van der Waals surface area contributed by atoms with Crippen LogP contribution in [0.4, 0.5) is 0 Å². The number of fused-ring (bicyclic) bond motifs is 1. The largest absolute Gasteiger partial charge is 0.493 e. The standard InChI is InChI=1S/C19H28N2O4/c1-24-11-9-21-8-3-7-19(23,18(21)22)14-20-13-15-5-6-17-16(12-15)4-2-10-25-17/h5-6,12,20,23H,2-4,7-11,13-14H2,1H3/t19-/m1/s1. The number of carbonyl (C=O) groups is 1. The number of rotatable bonds is 7. The molecule has 2 aliphatic heterocycles. The molecule has 3 rings (SSSR count). The minimum absolute atomic E-state index is 0.192. The van der Waals surface area contributed by atoms with Crippen LogP contribution in [0.25, 0.3) is 0 Å². The van der Waals surface area contributed by atoms with Gasteiger partial charge in [0, 0.05) is 33.3 Å². The van der Waals surface area contributed by atoms with Gasteiger partial charge in [-0.3, -0.25) is 4.79 Å². The topological polar surface area (TPSA) is 71.0 Å². The molecular weight excluding hydrogens is 320 g/mol. The van der Waals surface area contributed by atoms with Crippen molar-refractivity contribution in [1.82, 2.24) is 10.2 Å². The Kier molecular flexibility index (Phi) is 5.93. The number of methoxy groups -OCH3 is 1. The number of aryl methyl sites for hydroxylation is 1. The number of piperidine rings is 1. The van der Waals surface area contributed by atoms with E-state index in [4.69, 9.17) is 9.47 Å². The van der Waals surface area contributed by atoms with Gasteiger partial charge in [-0.1, -0.05) is 12.1 Å². The maximum Gasteiger partial charge on any atom is 0.255 e. The zero-order valence-electron chi connectivity index (χ0n) is 14.9. The molecular formula is C19H28N2O4. The summed E-state index contributed by atoms with van der Waals surface area (Å²) in [5.41, 5.74) is 1.07. The van der Waals surface area contributed by atoms with E-state index in [1.165, 1.54) is 5.56 Å². The summed E-state index contributed by atoms with van der Waals surface area (Å²) in [6.45, 7) is 3.40. The molecule has 138 valence electrons. The number of nitrogens with one attached hydrogen (secondary N) is 1. The van der Waals surface area contributed by atoms with Gasteiger partial charge >= 0.3 is 0 Å². The quantitative estimate of drug-likeness (QED) is 0.772. The van der Waals surface area contributed by atoms with Gasteiger partial charge in [-0.2, -0.15) is 0 Å². The summed E-state index contributed by atoms with van der Waals surface area (Å²) in [5, 5.41) is 14.0. The molecule has 2 heterocycles. The number of amides is 1. The smallest absolute Gasteiger partial charge is 0.255 e. The molecule has 2 aliphatic rings. The Bertz CT molecular complexity index is 607. The van der Waals surface area contributed by atoms with Crippen molar-refractivity contribution >= 4 is 5.91 Å². The molecule has 0 radical (unpaired) electrons. The highest BCUT2D eigenvalue weighted by Gasteiger charge is 2.41. The van der Waals surface area contributed by atoms with E-state index in [1.54, 1.807) is 12.0 Å². The number of benzene rings is 1. The molecule has 1 saturated heterocycles. The van der Waals surface area contributed by atoms with Crippen LogP contribution in [0.15, 0.2) is 18.2 Å². The summed E-state index contributed by atoms with van der Waals surface area (Å²) in [6, 6.07) is 6.20. The SMILES string of the molecule is COCCN1CCC[C@@](O)(CNCc2ccc3c(c2)CCCO3)C1=O. The Balaban J connectivity index is 1.54. The van der Waals surface area contributed by atoms with Crippen LogP contribution in [-0.4, -0.2) is 61.5 Å². The summed E-state index contributed by atoms with van der Waals surface area (Å²) >= 11 is 0. The molecule has 1 aromatic carbocycles. The first-order valence-corrected chi connectivity index (χ1v) is 9.08. The van der Waals surface area contributed by atoms with Crippen molar-refractivity contribution in [3.8, 4) is 5.75 Å². The van der Waals surface area contributed by atoms with Gasteiger partial charge < -0.3 is 24.8 Å². The second kappa shape index (κ2) is 8.17. The highest BCUT2D eigenvalue weighted by Crippen LogP contribution is 2.26. The summed E-state index contributed by atoms with van der Waals surface area (Å²) in [7, 11) is 1.62. The fraction of sp³-hybridized carbons (Fsp3) is 0.632. The third-order valence-electron chi connectivity index (χ3n) is 4.99. The van der Waals surface area contributed by atoms with E-state index in [0.29, 0.717) is 32.7 Å². The molecule has 1 fully saturated rings. The number of hydrogen-bond acceptors (Lipinski definition) is 5. The molecule has 1 atom stereocenters. The first kappa shape index (κ1) is 18.2. The van der Waals surface area contributed by atoms with Crippen LogP contribution in [0.2, 0.25) is 0 Å². The van der Waals surface area contributed by atoms with Crippen LogP contribution in [0, 0.1) is 0 Å². The van der Waals surface area contributed by atoms with Gasteiger partial charge in [0.1, 0.15) is 5.75 Å². The molecule has 0 bridgehead atoms. The Morgan fingerprint density at radius 1 is 1.40 bits per heavy atom. The molecule has 1 aromatic rings. The molecule has 0 aromatic heterocycles. The van der Waals surface area contributed by atoms with Crippen LogP contribution >= 0.6 is 0 Å². The number of aliphatic hydroxyl groups is 1. The molecule has 0 aliphatic carbocycles. The van der Waals surface area contributed by atoms with Crippen LogP contribution in [0.1, 0.15) is 30.4 Å². The third kappa shape index (κ3) is 4.32. The van der Waals surface area contributed by atoms with E-state index in [1.807, 2.05) is 12.1 Å². The predicted octanol–water partition coefficient (Wildman–Crippen LogP) is 1.10. The second-order valence-electron chi connectivity index (χ2n) is 6.92. The fourth-order valence-corrected chi connectivity index (χ4v) is 3.58. The van der Waals surface area contributed by atoms with Gasteiger partial charge in [-0.15, -0.1) is 0 Å². The van der Waals surface area contributed by atoms with E-state index in [9.17, 15) is 9.90 Å². The average molecular weight is 348 g/mol. The summed E-state index contributed by atoms with van der Waals surface area (Å²) in [6.07, 6.45) is 3.40. The average Bonchev–Trinajstić information content (AvgIpc) is 2.63. The molecule has 2 N–H and O–H groups in total. The van der Waals surface area contributed by atoms with Crippen LogP contribution < -0.4 is 10.1 Å². The zero-order chi connectivity index (χ0) is 17.7. The molecule has 1 amide bonds. The van der Waals surface area contributed by atoms with Crippen molar-refractivity contribution in [1.29, 1.82) is 0 Å². The predicted molar refractivity (Wildman–Crippen MR) is 94.6 cm³/mol. The third-order valence-corrected chi connectivity index (χ3v) is 4.99. The van der Waals surface area contributed by atoms with Gasteiger partial charge in [-0.05, 0) is 42.9 Å². The van der Waals surface area contributed by atoms with Crippen molar-refractivity contribution < 1.29 is 19.4 Å². The monoisotopic (exact) mass is 348 g/mol. The molecule has 6 nitrogen and oxygen atoms in total. The Morgan fingerprint density at radius 2 is 2.28 bits per heavy atom. The highest BCUT2D eigenvalue weighted by molar-refractivity contribution is 5.86. The molecule has 0 saturated carbocycles. The normalized spacial score (nSPS) is 23.3. The Hall–Kier alpha value is -1.63. The van der Waals surface area contributed by atoms with Crippen molar-refractivity contribution in [2.45, 2.75) is 37.8 Å². The first-order chi connectivity index (χ1) is 12.1. The van der Waals surface area contributed by atoms with E-state index >= 15 is 0 Å². The number of hydrogen-bond donors (Lipinski definition) is 2. The molecule has 6 heteroatoms. The molecule has 0 spiro atoms. The molecule has 25 heavy (non-hydrogen) atoms. The Labute approximate surface area is 149 Å². The summed E-state index contributed by atoms with van der Waals surface area (Å²) in [5.74, 6) is 0.784. The van der Waals surface area contributed by atoms with Crippen molar-refractivity contribution in [3.05, 3.63) is 29.3 Å². The number of ether oxygens (including phenoxy) is 2. The minimum atomic E-state index is -1.32. The van der Waals surface area contributed by atoms with E-state index in [-0.39, 0.29) is 12.5 Å². The van der Waals surface area contributed by atoms with Gasteiger partial charge in [0.05, 0.1) is 13.2 Å². The summed E-state index contributed by atoms with van der Waals surface area (Å²) in [4.78, 5) is 14.3. The van der Waals surface area contributed by atoms with Crippen molar-refractivity contribution in [2.24, 2.45) is 0 Å². The molecule has 0 unspecified atom stereocenters. The Morgan fingerprint density at radius 3 is 3.12 bits per heavy atom. The fourth-order valence-electron chi connectivity index (χ4n) is 3.58. The van der Waals surface area contributed by atoms with Gasteiger partial charge in [-0.25, -0.2) is 0 Å². The minimum Gasteiger partial charge on any atom is -0.493 e. The maximum atomic E-state index is 12.6. The van der Waals surface area contributed by atoms with Gasteiger partial charge in [0.2, 0.25) is 0 Å². The van der Waals surface area contributed by atoms with Gasteiger partial charge in [0.25, 0.3) is 5.91 Å². The zero-order valence-corrected chi connectivity index (χ0v) is 14.9. The first-order valence-electron chi connectivity index (χ1n) is 9.08. The maximum absolute atomic E-state index is 12.6. The highest BCUT2D eigenvalue weighted by atomic mass is 16.5. The second-order valence-corrected chi connectivity index (χ2v) is 6.92. The van der Waals surface area contributed by atoms with E-state index < -0.39 is 5.60 Å². The van der Waals surface area contributed by atoms with E-state index in [2.05, 4.69) is 11.4 Å². The van der Waals surface area contributed by atoms with E-state index in [0.717, 1.165) is 37.2 Å². The number of carbonyl (C=O) groups excluding carboxylic acids is 1. The van der Waals surface area contributed by atoms with Gasteiger partial charge in [0.15, 0.2) is 5.60 Å². The van der Waals surface area contributed by atoms with Crippen LogP contribution in [0.3, 0.4) is 0 Å². The lowest BCUT2D eigenvalue weighted by Gasteiger charge is -2.38. The van der Waals surface area contributed by atoms with Crippen molar-refractivity contribution in [2.75, 3.05) is 40.0 Å². The number of likely N-dealkylation sites (tertiary alicyclic amines) is 1. The summed E-state index contributed by atoms with van der Waals surface area (Å²) < 4.78 is 10.7. The number of nitrogens with zero attached hydrogens (tertiary/aromatic N) is 1. The van der Waals surface area contributed by atoms with Crippen LogP contribution in [-0.2, 0) is 22.5 Å². The lowest BCUT2D eigenvalue weighted by atomic mass is 9.91. The van der Waals surface area contributed by atoms with Crippen molar-refractivity contribution in [3.63, 3.8) is 0 Å². The lowest BCUT2D eigenvalue weighted by Crippen LogP contribution is -2.58. The lowest BCUT2D eigenvalue weighted by molar-refractivity contribution is -0.157.